The molecule has 3 aromatic carbocycles. The first-order valence-electron chi connectivity index (χ1n) is 6.99. The Morgan fingerprint density at radius 1 is 0.783 bits per heavy atom. The highest BCUT2D eigenvalue weighted by molar-refractivity contribution is 7.92. The molecular formula is C18H14ClNO2S. The second kappa shape index (κ2) is 6.44. The van der Waals surface area contributed by atoms with E-state index < -0.39 is 10.0 Å². The Balaban J connectivity index is 2.01. The number of benzene rings is 3. The van der Waals surface area contributed by atoms with Crippen molar-refractivity contribution in [1.82, 2.24) is 0 Å². The monoisotopic (exact) mass is 343 g/mol. The molecule has 23 heavy (non-hydrogen) atoms. The zero-order valence-electron chi connectivity index (χ0n) is 12.1. The molecule has 0 aliphatic carbocycles. The maximum Gasteiger partial charge on any atom is 0.261 e. The zero-order chi connectivity index (χ0) is 16.3. The molecule has 0 bridgehead atoms. The van der Waals surface area contributed by atoms with Crippen molar-refractivity contribution < 1.29 is 8.42 Å². The number of anilines is 1. The first-order valence-corrected chi connectivity index (χ1v) is 8.85. The van der Waals surface area contributed by atoms with Crippen LogP contribution in [0.4, 0.5) is 5.69 Å². The van der Waals surface area contributed by atoms with E-state index in [1.165, 1.54) is 12.1 Å². The summed E-state index contributed by atoms with van der Waals surface area (Å²) >= 11 is 5.89. The topological polar surface area (TPSA) is 46.2 Å². The third-order valence-electron chi connectivity index (χ3n) is 3.36. The van der Waals surface area contributed by atoms with Gasteiger partial charge in [0.15, 0.2) is 0 Å². The van der Waals surface area contributed by atoms with E-state index in [0.29, 0.717) is 10.7 Å². The zero-order valence-corrected chi connectivity index (χ0v) is 13.7. The highest BCUT2D eigenvalue weighted by Crippen LogP contribution is 2.29. The van der Waals surface area contributed by atoms with Crippen LogP contribution in [0, 0.1) is 0 Å². The van der Waals surface area contributed by atoms with Gasteiger partial charge in [-0.1, -0.05) is 66.2 Å². The molecule has 0 spiro atoms. The number of hydrogen-bond acceptors (Lipinski definition) is 2. The van der Waals surface area contributed by atoms with E-state index in [2.05, 4.69) is 4.72 Å². The molecule has 0 aliphatic rings. The van der Waals surface area contributed by atoms with E-state index in [4.69, 9.17) is 11.6 Å². The maximum absolute atomic E-state index is 12.6. The Kier molecular flexibility index (Phi) is 4.37. The predicted octanol–water partition coefficient (Wildman–Crippen LogP) is 4.81. The molecular weight excluding hydrogens is 330 g/mol. The van der Waals surface area contributed by atoms with Gasteiger partial charge in [0, 0.05) is 10.6 Å². The minimum absolute atomic E-state index is 0.132. The van der Waals surface area contributed by atoms with Crippen LogP contribution in [0.1, 0.15) is 0 Å². The molecule has 3 rings (SSSR count). The lowest BCUT2D eigenvalue weighted by atomic mass is 10.0. The van der Waals surface area contributed by atoms with Gasteiger partial charge in [0.05, 0.1) is 10.6 Å². The molecule has 3 aromatic rings. The van der Waals surface area contributed by atoms with Crippen LogP contribution < -0.4 is 4.72 Å². The van der Waals surface area contributed by atoms with Gasteiger partial charge in [-0.2, -0.15) is 0 Å². The first kappa shape index (κ1) is 15.6. The van der Waals surface area contributed by atoms with Gasteiger partial charge in [0.1, 0.15) is 0 Å². The van der Waals surface area contributed by atoms with Gasteiger partial charge in [-0.05, 0) is 29.8 Å². The third-order valence-corrected chi connectivity index (χ3v) is 4.96. The molecule has 0 atom stereocenters. The van der Waals surface area contributed by atoms with Crippen molar-refractivity contribution in [1.29, 1.82) is 0 Å². The Labute approximate surface area is 140 Å². The van der Waals surface area contributed by atoms with Gasteiger partial charge >= 0.3 is 0 Å². The van der Waals surface area contributed by atoms with Crippen LogP contribution in [-0.4, -0.2) is 8.42 Å². The van der Waals surface area contributed by atoms with Crippen LogP contribution in [0.25, 0.3) is 11.1 Å². The normalized spacial score (nSPS) is 11.2. The van der Waals surface area contributed by atoms with Gasteiger partial charge in [0.25, 0.3) is 10.0 Å². The van der Waals surface area contributed by atoms with Crippen molar-refractivity contribution in [2.24, 2.45) is 0 Å². The number of para-hydroxylation sites is 1. The quantitative estimate of drug-likeness (QED) is 0.739. The largest absolute Gasteiger partial charge is 0.279 e. The molecule has 0 heterocycles. The first-order chi connectivity index (χ1) is 11.1. The van der Waals surface area contributed by atoms with E-state index in [1.807, 2.05) is 42.5 Å². The summed E-state index contributed by atoms with van der Waals surface area (Å²) in [6, 6.07) is 23.1. The van der Waals surface area contributed by atoms with Gasteiger partial charge in [-0.25, -0.2) is 8.42 Å². The average molecular weight is 344 g/mol. The maximum atomic E-state index is 12.6. The van der Waals surface area contributed by atoms with Crippen LogP contribution in [-0.2, 0) is 10.0 Å². The molecule has 0 aromatic heterocycles. The van der Waals surface area contributed by atoms with Crippen molar-refractivity contribution in [3.8, 4) is 11.1 Å². The summed E-state index contributed by atoms with van der Waals surface area (Å²) in [6.45, 7) is 0. The summed E-state index contributed by atoms with van der Waals surface area (Å²) in [5.74, 6) is 0. The van der Waals surface area contributed by atoms with Crippen molar-refractivity contribution in [3.05, 3.63) is 83.9 Å². The van der Waals surface area contributed by atoms with E-state index in [-0.39, 0.29) is 4.90 Å². The van der Waals surface area contributed by atoms with Crippen LogP contribution in [0.2, 0.25) is 5.02 Å². The molecule has 1 N–H and O–H groups in total. The fraction of sp³-hybridized carbons (Fsp3) is 0. The summed E-state index contributed by atoms with van der Waals surface area (Å²) in [4.78, 5) is 0.132. The minimum Gasteiger partial charge on any atom is -0.279 e. The van der Waals surface area contributed by atoms with Gasteiger partial charge in [0.2, 0.25) is 0 Å². The highest BCUT2D eigenvalue weighted by Gasteiger charge is 2.16. The van der Waals surface area contributed by atoms with Crippen LogP contribution in [0.5, 0.6) is 0 Å². The molecule has 0 saturated heterocycles. The molecule has 0 fully saturated rings. The fourth-order valence-corrected chi connectivity index (χ4v) is 3.66. The highest BCUT2D eigenvalue weighted by atomic mass is 35.5. The molecule has 0 aliphatic heterocycles. The second-order valence-corrected chi connectivity index (χ2v) is 7.09. The minimum atomic E-state index is -3.70. The van der Waals surface area contributed by atoms with Gasteiger partial charge in [-0.3, -0.25) is 4.72 Å². The molecule has 3 nitrogen and oxygen atoms in total. The van der Waals surface area contributed by atoms with Gasteiger partial charge in [-0.15, -0.1) is 0 Å². The second-order valence-electron chi connectivity index (χ2n) is 4.97. The third kappa shape index (κ3) is 3.55. The number of halogens is 1. The van der Waals surface area contributed by atoms with Crippen LogP contribution >= 0.6 is 11.6 Å². The SMILES string of the molecule is O=S(=O)(Nc1ccccc1-c1ccccc1)c1cccc(Cl)c1. The molecule has 0 unspecified atom stereocenters. The molecule has 116 valence electrons. The lowest BCUT2D eigenvalue weighted by molar-refractivity contribution is 0.601. The van der Waals surface area contributed by atoms with E-state index in [0.717, 1.165) is 11.1 Å². The van der Waals surface area contributed by atoms with Gasteiger partial charge < -0.3 is 0 Å². The van der Waals surface area contributed by atoms with E-state index >= 15 is 0 Å². The van der Waals surface area contributed by atoms with E-state index in [9.17, 15) is 8.42 Å². The number of hydrogen-bond donors (Lipinski definition) is 1. The number of sulfonamides is 1. The lowest BCUT2D eigenvalue weighted by Gasteiger charge is -2.13. The smallest absolute Gasteiger partial charge is 0.261 e. The van der Waals surface area contributed by atoms with Crippen molar-refractivity contribution in [2.45, 2.75) is 4.90 Å². The number of nitrogens with one attached hydrogen (secondary N) is 1. The van der Waals surface area contributed by atoms with Crippen LogP contribution in [0.15, 0.2) is 83.8 Å². The lowest BCUT2D eigenvalue weighted by Crippen LogP contribution is -2.13. The summed E-state index contributed by atoms with van der Waals surface area (Å²) < 4.78 is 27.8. The van der Waals surface area contributed by atoms with Crippen molar-refractivity contribution in [3.63, 3.8) is 0 Å². The summed E-state index contributed by atoms with van der Waals surface area (Å²) in [6.07, 6.45) is 0. The Morgan fingerprint density at radius 2 is 1.48 bits per heavy atom. The van der Waals surface area contributed by atoms with E-state index in [1.54, 1.807) is 24.3 Å². The molecule has 0 saturated carbocycles. The summed E-state index contributed by atoms with van der Waals surface area (Å²) in [5, 5.41) is 0.379. The predicted molar refractivity (Wildman–Crippen MR) is 94.1 cm³/mol. The molecule has 0 amide bonds. The van der Waals surface area contributed by atoms with Crippen molar-refractivity contribution in [2.75, 3.05) is 4.72 Å². The Morgan fingerprint density at radius 3 is 2.22 bits per heavy atom. The van der Waals surface area contributed by atoms with Crippen molar-refractivity contribution >= 4 is 27.3 Å². The molecule has 0 radical (unpaired) electrons. The summed E-state index contributed by atoms with van der Waals surface area (Å²) in [5.41, 5.74) is 2.29. The molecule has 5 heteroatoms. The number of rotatable bonds is 4. The average Bonchev–Trinajstić information content (AvgIpc) is 2.56. The Bertz CT molecular complexity index is 925. The standard InChI is InChI=1S/C18H14ClNO2S/c19-15-9-6-10-16(13-15)23(21,22)20-18-12-5-4-11-17(18)14-7-2-1-3-8-14/h1-13,20H. The summed E-state index contributed by atoms with van der Waals surface area (Å²) in [7, 11) is -3.70. The Hall–Kier alpha value is -2.30. The van der Waals surface area contributed by atoms with Crippen LogP contribution in [0.3, 0.4) is 0 Å². The fourth-order valence-electron chi connectivity index (χ4n) is 2.28.